The van der Waals surface area contributed by atoms with E-state index in [1.54, 1.807) is 0 Å². The van der Waals surface area contributed by atoms with Gasteiger partial charge in [0.15, 0.2) is 0 Å². The van der Waals surface area contributed by atoms with Gasteiger partial charge < -0.3 is 28.9 Å². The monoisotopic (exact) mass is 866 g/mol. The Kier molecular flexibility index (Phi) is 20.2. The fourth-order valence-electron chi connectivity index (χ4n) is 12.9. The summed E-state index contributed by atoms with van der Waals surface area (Å²) in [5.74, 6) is 1.97. The Hall–Kier alpha value is -0.800. The first-order valence-corrected chi connectivity index (χ1v) is 26.4. The number of carboxylic acids is 1. The van der Waals surface area contributed by atoms with Crippen LogP contribution in [0.4, 0.5) is 0 Å². The van der Waals surface area contributed by atoms with Gasteiger partial charge in [0.1, 0.15) is 19.3 Å². The molecular formula is C50H92NO8P. The van der Waals surface area contributed by atoms with Crippen molar-refractivity contribution >= 4 is 13.8 Å². The average molecular weight is 866 g/mol. The van der Waals surface area contributed by atoms with Crippen molar-refractivity contribution in [2.24, 2.45) is 52.3 Å². The molecule has 0 saturated heterocycles. The number of carboxylic acid groups (broad SMARTS) is 1. The number of rotatable bonds is 29. The topological polar surface area (TPSA) is 125 Å². The molecule has 0 amide bonds. The summed E-state index contributed by atoms with van der Waals surface area (Å²) in [6.45, 7) is 14.2. The minimum Gasteiger partial charge on any atom is -0.756 e. The number of unbranched alkanes of at least 4 members (excludes halogenated alkanes) is 11. The largest absolute Gasteiger partial charge is 0.756 e. The van der Waals surface area contributed by atoms with Crippen molar-refractivity contribution in [3.05, 3.63) is 11.6 Å². The predicted molar refractivity (Wildman–Crippen MR) is 242 cm³/mol. The standard InChI is InChI=1S/C50H92NO8P/c1-10-11-12-13-14-15-16-17-18-19-20-21-34-57-46(37-52)50(47(53)54,59-60(55,56)58-35-33-51(7,8)9)41-29-31-48(5)40(36-41)25-26-42-44-28-27-43(39(4)24-22-23-38(2)3)49(44,6)32-30-45(42)48/h25,38-39,41-46,52H,10-24,26-37H2,1-9H3,(H-,53,54,55,56)/t39-,41?,42?,43-,44?,45?,46?,48+,49-,50?/m1/s1. The first-order valence-electron chi connectivity index (χ1n) is 25.0. The van der Waals surface area contributed by atoms with Gasteiger partial charge in [-0.1, -0.05) is 143 Å². The van der Waals surface area contributed by atoms with E-state index in [0.29, 0.717) is 53.5 Å². The van der Waals surface area contributed by atoms with Crippen LogP contribution in [0.3, 0.4) is 0 Å². The molecule has 10 heteroatoms. The van der Waals surface area contributed by atoms with Crippen molar-refractivity contribution in [2.75, 3.05) is 47.5 Å². The number of likely N-dealkylation sites (N-methyl/N-ethyl adjacent to an activating group) is 1. The number of phosphoric acid groups is 1. The van der Waals surface area contributed by atoms with Crippen molar-refractivity contribution < 1.29 is 42.7 Å². The van der Waals surface area contributed by atoms with Crippen molar-refractivity contribution in [1.82, 2.24) is 0 Å². The molecule has 0 bridgehead atoms. The maximum Gasteiger partial charge on any atom is 0.339 e. The second-order valence-corrected chi connectivity index (χ2v) is 23.5. The Morgan fingerprint density at radius 1 is 0.883 bits per heavy atom. The highest BCUT2D eigenvalue weighted by Crippen LogP contribution is 2.68. The van der Waals surface area contributed by atoms with Crippen LogP contribution in [0.2, 0.25) is 0 Å². The zero-order valence-electron chi connectivity index (χ0n) is 40.0. The third-order valence-electron chi connectivity index (χ3n) is 16.5. The van der Waals surface area contributed by atoms with Gasteiger partial charge in [0.25, 0.3) is 7.82 Å². The third-order valence-corrected chi connectivity index (χ3v) is 17.5. The van der Waals surface area contributed by atoms with Gasteiger partial charge in [-0.05, 0) is 104 Å². The van der Waals surface area contributed by atoms with Crippen LogP contribution in [-0.4, -0.2) is 79.9 Å². The highest BCUT2D eigenvalue weighted by Gasteiger charge is 2.62. The molecule has 0 aromatic heterocycles. The second kappa shape index (κ2) is 23.4. The van der Waals surface area contributed by atoms with Crippen molar-refractivity contribution in [1.29, 1.82) is 0 Å². The molecule has 0 aromatic carbocycles. The first-order chi connectivity index (χ1) is 28.3. The van der Waals surface area contributed by atoms with E-state index in [2.05, 4.69) is 47.6 Å². The van der Waals surface area contributed by atoms with Crippen LogP contribution < -0.4 is 4.89 Å². The molecule has 2 N–H and O–H groups in total. The number of carbonyl (C=O) groups is 1. The second-order valence-electron chi connectivity index (χ2n) is 22.1. The van der Waals surface area contributed by atoms with E-state index < -0.39 is 38.0 Å². The molecule has 9 nitrogen and oxygen atoms in total. The van der Waals surface area contributed by atoms with E-state index >= 15 is 0 Å². The van der Waals surface area contributed by atoms with E-state index in [1.165, 1.54) is 102 Å². The van der Waals surface area contributed by atoms with Crippen LogP contribution in [0.1, 0.15) is 189 Å². The summed E-state index contributed by atoms with van der Waals surface area (Å²) < 4.78 is 31.7. The minimum atomic E-state index is -5.13. The average Bonchev–Trinajstić information content (AvgIpc) is 3.53. The Morgan fingerprint density at radius 2 is 1.52 bits per heavy atom. The maximum atomic E-state index is 13.7. The molecule has 4 aliphatic carbocycles. The van der Waals surface area contributed by atoms with Crippen LogP contribution in [0.25, 0.3) is 0 Å². The van der Waals surface area contributed by atoms with Crippen molar-refractivity contribution in [3.8, 4) is 0 Å². The molecule has 0 spiro atoms. The zero-order chi connectivity index (χ0) is 44.2. The highest BCUT2D eigenvalue weighted by molar-refractivity contribution is 7.46. The van der Waals surface area contributed by atoms with Gasteiger partial charge in [0, 0.05) is 12.5 Å². The number of aliphatic hydroxyl groups is 1. The summed E-state index contributed by atoms with van der Waals surface area (Å²) in [6, 6.07) is 0. The third kappa shape index (κ3) is 13.4. The Labute approximate surface area is 367 Å². The lowest BCUT2D eigenvalue weighted by atomic mass is 9.46. The summed E-state index contributed by atoms with van der Waals surface area (Å²) in [4.78, 5) is 27.4. The van der Waals surface area contributed by atoms with Crippen molar-refractivity contribution in [2.45, 2.75) is 201 Å². The van der Waals surface area contributed by atoms with Gasteiger partial charge in [-0.25, -0.2) is 4.79 Å². The van der Waals surface area contributed by atoms with Crippen LogP contribution >= 0.6 is 7.82 Å². The van der Waals surface area contributed by atoms with Gasteiger partial charge >= 0.3 is 5.97 Å². The van der Waals surface area contributed by atoms with E-state index in [0.717, 1.165) is 49.9 Å². The summed E-state index contributed by atoms with van der Waals surface area (Å²) in [5, 5.41) is 22.0. The predicted octanol–water partition coefficient (Wildman–Crippen LogP) is 11.8. The van der Waals surface area contributed by atoms with Crippen LogP contribution in [0.15, 0.2) is 11.6 Å². The number of phosphoric ester groups is 1. The number of aliphatic carboxylic acids is 1. The molecule has 60 heavy (non-hydrogen) atoms. The minimum absolute atomic E-state index is 0.0845. The number of hydrogen-bond acceptors (Lipinski definition) is 7. The molecule has 11 atom stereocenters. The molecule has 350 valence electrons. The number of aliphatic hydroxyl groups excluding tert-OH is 1. The SMILES string of the molecule is CCCCCCCCCCCCCCOC(CO)C(OP(=O)([O-])OCC[N+](C)(C)C)(C(=O)O)C1CC[C@@]2(C)C(=CCC3C2CC[C@@]2(C)C3CC[C@@H]2[C@H](C)CCCC(C)C)C1. The maximum absolute atomic E-state index is 13.7. The molecule has 0 radical (unpaired) electrons. The lowest BCUT2D eigenvalue weighted by molar-refractivity contribution is -0.870. The van der Waals surface area contributed by atoms with Gasteiger partial charge in [-0.3, -0.25) is 9.09 Å². The van der Waals surface area contributed by atoms with Gasteiger partial charge in [0.05, 0.1) is 27.7 Å². The smallest absolute Gasteiger partial charge is 0.339 e. The fourth-order valence-corrected chi connectivity index (χ4v) is 14.0. The van der Waals surface area contributed by atoms with Crippen LogP contribution in [0.5, 0.6) is 0 Å². The van der Waals surface area contributed by atoms with Gasteiger partial charge in [-0.2, -0.15) is 0 Å². The van der Waals surface area contributed by atoms with Gasteiger partial charge in [0.2, 0.25) is 5.60 Å². The quantitative estimate of drug-likeness (QED) is 0.0330. The molecular weight excluding hydrogens is 774 g/mol. The number of quaternary nitrogens is 1. The number of ether oxygens (including phenoxy) is 1. The zero-order valence-corrected chi connectivity index (χ0v) is 40.9. The molecule has 3 saturated carbocycles. The van der Waals surface area contributed by atoms with E-state index in [-0.39, 0.29) is 18.6 Å². The Bertz CT molecular complexity index is 1380. The summed E-state index contributed by atoms with van der Waals surface area (Å²) in [6.07, 6.45) is 26.9. The summed E-state index contributed by atoms with van der Waals surface area (Å²) in [5.41, 5.74) is -0.810. The Balaban J connectivity index is 1.47. The number of nitrogens with zero attached hydrogens (tertiary/aromatic N) is 1. The van der Waals surface area contributed by atoms with E-state index in [4.69, 9.17) is 13.8 Å². The fraction of sp³-hybridized carbons (Fsp3) is 0.940. The van der Waals surface area contributed by atoms with E-state index in [1.807, 2.05) is 21.1 Å². The summed E-state index contributed by atoms with van der Waals surface area (Å²) in [7, 11) is 0.662. The Morgan fingerprint density at radius 3 is 2.10 bits per heavy atom. The van der Waals surface area contributed by atoms with E-state index in [9.17, 15) is 24.5 Å². The van der Waals surface area contributed by atoms with Crippen molar-refractivity contribution in [3.63, 3.8) is 0 Å². The van der Waals surface area contributed by atoms with Crippen LogP contribution in [0, 0.1) is 52.3 Å². The lowest BCUT2D eigenvalue weighted by Crippen LogP contribution is -2.61. The molecule has 3 fully saturated rings. The van der Waals surface area contributed by atoms with Gasteiger partial charge in [-0.15, -0.1) is 0 Å². The molecule has 0 aromatic rings. The number of hydrogen-bond donors (Lipinski definition) is 2. The van der Waals surface area contributed by atoms with Crippen LogP contribution in [-0.2, 0) is 23.1 Å². The molecule has 0 aliphatic heterocycles. The normalized spacial score (nSPS) is 31.1. The molecule has 4 aliphatic rings. The number of allylic oxidation sites excluding steroid dienone is 2. The number of fused-ring (bicyclic) bond motifs is 5. The molecule has 0 heterocycles. The highest BCUT2D eigenvalue weighted by atomic mass is 31.2. The first kappa shape index (κ1) is 51.8. The summed E-state index contributed by atoms with van der Waals surface area (Å²) >= 11 is 0. The lowest BCUT2D eigenvalue weighted by Gasteiger charge is -2.59. The molecule has 7 unspecified atom stereocenters. The molecule has 4 rings (SSSR count).